The van der Waals surface area contributed by atoms with Gasteiger partial charge in [0.25, 0.3) is 10.2 Å². The standard InChI is InChI=1S/C17H27N3O2S/c1-18(16-8-4-2-5-9-16)23(21,22)20-14-12-19(13-15-20)17-10-6-3-7-11-17/h3,6-7,10-11,16H,2,4-5,8-9,12-15H2,1H3. The molecule has 0 unspecified atom stereocenters. The van der Waals surface area contributed by atoms with E-state index >= 15 is 0 Å². The molecule has 1 heterocycles. The van der Waals surface area contributed by atoms with E-state index in [1.165, 1.54) is 12.1 Å². The van der Waals surface area contributed by atoms with Crippen molar-refractivity contribution in [3.8, 4) is 0 Å². The Hall–Kier alpha value is -1.11. The van der Waals surface area contributed by atoms with Crippen LogP contribution in [0.5, 0.6) is 0 Å². The van der Waals surface area contributed by atoms with Crippen LogP contribution in [0.1, 0.15) is 32.1 Å². The molecule has 1 aromatic carbocycles. The third-order valence-electron chi connectivity index (χ3n) is 5.14. The molecule has 2 fully saturated rings. The van der Waals surface area contributed by atoms with Crippen molar-refractivity contribution in [2.75, 3.05) is 38.1 Å². The van der Waals surface area contributed by atoms with Gasteiger partial charge in [-0.05, 0) is 25.0 Å². The molecule has 0 bridgehead atoms. The largest absolute Gasteiger partial charge is 0.369 e. The molecule has 0 atom stereocenters. The van der Waals surface area contributed by atoms with Crippen LogP contribution in [0.3, 0.4) is 0 Å². The molecule has 0 spiro atoms. The third-order valence-corrected chi connectivity index (χ3v) is 7.18. The zero-order valence-electron chi connectivity index (χ0n) is 13.9. The van der Waals surface area contributed by atoms with Gasteiger partial charge in [0.05, 0.1) is 0 Å². The molecule has 0 N–H and O–H groups in total. The maximum absolute atomic E-state index is 12.9. The van der Waals surface area contributed by atoms with Crippen molar-refractivity contribution < 1.29 is 8.42 Å². The average Bonchev–Trinajstić information content (AvgIpc) is 2.62. The quantitative estimate of drug-likeness (QED) is 0.847. The number of rotatable bonds is 4. The van der Waals surface area contributed by atoms with Crippen LogP contribution in [0.4, 0.5) is 5.69 Å². The van der Waals surface area contributed by atoms with Gasteiger partial charge in [-0.2, -0.15) is 17.0 Å². The first-order chi connectivity index (χ1) is 11.1. The minimum Gasteiger partial charge on any atom is -0.369 e. The number of hydrogen-bond acceptors (Lipinski definition) is 3. The van der Waals surface area contributed by atoms with Crippen LogP contribution in [0.15, 0.2) is 30.3 Å². The number of para-hydroxylation sites is 1. The predicted octanol–water partition coefficient (Wildman–Crippen LogP) is 2.32. The number of piperazine rings is 1. The lowest BCUT2D eigenvalue weighted by molar-refractivity contribution is 0.259. The zero-order valence-corrected chi connectivity index (χ0v) is 14.7. The van der Waals surface area contributed by atoms with Gasteiger partial charge in [0, 0.05) is 45.0 Å². The summed E-state index contributed by atoms with van der Waals surface area (Å²) in [5, 5.41) is 0. The number of benzene rings is 1. The van der Waals surface area contributed by atoms with Gasteiger partial charge in [0.1, 0.15) is 0 Å². The van der Waals surface area contributed by atoms with Gasteiger partial charge in [-0.15, -0.1) is 0 Å². The van der Waals surface area contributed by atoms with Crippen LogP contribution in [-0.2, 0) is 10.2 Å². The molecule has 23 heavy (non-hydrogen) atoms. The van der Waals surface area contributed by atoms with Gasteiger partial charge in [0.2, 0.25) is 0 Å². The fourth-order valence-corrected chi connectivity index (χ4v) is 5.21. The molecular formula is C17H27N3O2S. The smallest absolute Gasteiger partial charge is 0.282 e. The first-order valence-electron chi connectivity index (χ1n) is 8.62. The van der Waals surface area contributed by atoms with Gasteiger partial charge in [-0.25, -0.2) is 0 Å². The van der Waals surface area contributed by atoms with Crippen LogP contribution in [0.25, 0.3) is 0 Å². The highest BCUT2D eigenvalue weighted by Gasteiger charge is 2.34. The van der Waals surface area contributed by atoms with Crippen LogP contribution >= 0.6 is 0 Å². The molecule has 0 radical (unpaired) electrons. The number of hydrogen-bond donors (Lipinski definition) is 0. The highest BCUT2D eigenvalue weighted by molar-refractivity contribution is 7.86. The maximum Gasteiger partial charge on any atom is 0.282 e. The maximum atomic E-state index is 12.9. The summed E-state index contributed by atoms with van der Waals surface area (Å²) in [5.74, 6) is 0. The number of nitrogens with zero attached hydrogens (tertiary/aromatic N) is 3. The van der Waals surface area contributed by atoms with Crippen molar-refractivity contribution >= 4 is 15.9 Å². The lowest BCUT2D eigenvalue weighted by Crippen LogP contribution is -2.54. The molecule has 1 aliphatic heterocycles. The summed E-state index contributed by atoms with van der Waals surface area (Å²) in [7, 11) is -1.57. The average molecular weight is 337 g/mol. The monoisotopic (exact) mass is 337 g/mol. The molecule has 5 nitrogen and oxygen atoms in total. The molecule has 2 aliphatic rings. The molecule has 6 heteroatoms. The van der Waals surface area contributed by atoms with Crippen molar-refractivity contribution in [1.82, 2.24) is 8.61 Å². The fraction of sp³-hybridized carbons (Fsp3) is 0.647. The van der Waals surface area contributed by atoms with E-state index in [1.54, 1.807) is 15.7 Å². The summed E-state index contributed by atoms with van der Waals surface area (Å²) in [5.41, 5.74) is 1.17. The second-order valence-corrected chi connectivity index (χ2v) is 8.53. The van der Waals surface area contributed by atoms with Crippen molar-refractivity contribution in [2.24, 2.45) is 0 Å². The van der Waals surface area contributed by atoms with E-state index in [1.807, 2.05) is 18.2 Å². The van der Waals surface area contributed by atoms with Crippen molar-refractivity contribution in [3.63, 3.8) is 0 Å². The van der Waals surface area contributed by atoms with E-state index < -0.39 is 10.2 Å². The van der Waals surface area contributed by atoms with Crippen molar-refractivity contribution in [2.45, 2.75) is 38.1 Å². The Morgan fingerprint density at radius 1 is 0.957 bits per heavy atom. The molecule has 0 aromatic heterocycles. The predicted molar refractivity (Wildman–Crippen MR) is 93.8 cm³/mol. The molecule has 128 valence electrons. The molecule has 3 rings (SSSR count). The molecule has 1 saturated heterocycles. The van der Waals surface area contributed by atoms with E-state index in [2.05, 4.69) is 17.0 Å². The van der Waals surface area contributed by atoms with Gasteiger partial charge in [-0.1, -0.05) is 37.5 Å². The molecule has 1 aliphatic carbocycles. The minimum atomic E-state index is -3.33. The minimum absolute atomic E-state index is 0.181. The first kappa shape index (κ1) is 16.7. The van der Waals surface area contributed by atoms with Gasteiger partial charge < -0.3 is 4.90 Å². The van der Waals surface area contributed by atoms with E-state index in [0.29, 0.717) is 13.1 Å². The van der Waals surface area contributed by atoms with Gasteiger partial charge >= 0.3 is 0 Å². The van der Waals surface area contributed by atoms with Crippen LogP contribution in [-0.4, -0.2) is 56.3 Å². The fourth-order valence-electron chi connectivity index (χ4n) is 3.63. The lowest BCUT2D eigenvalue weighted by atomic mass is 9.96. The highest BCUT2D eigenvalue weighted by atomic mass is 32.2. The van der Waals surface area contributed by atoms with Crippen LogP contribution in [0, 0.1) is 0 Å². The highest BCUT2D eigenvalue weighted by Crippen LogP contribution is 2.25. The number of anilines is 1. The lowest BCUT2D eigenvalue weighted by Gasteiger charge is -2.39. The van der Waals surface area contributed by atoms with E-state index in [-0.39, 0.29) is 6.04 Å². The summed E-state index contributed by atoms with van der Waals surface area (Å²) < 4.78 is 29.0. The van der Waals surface area contributed by atoms with E-state index in [0.717, 1.165) is 38.8 Å². The Labute approximate surface area is 140 Å². The third kappa shape index (κ3) is 3.70. The van der Waals surface area contributed by atoms with Crippen LogP contribution < -0.4 is 4.90 Å². The summed E-state index contributed by atoms with van der Waals surface area (Å²) in [6, 6.07) is 10.4. The van der Waals surface area contributed by atoms with Gasteiger partial charge in [0.15, 0.2) is 0 Å². The van der Waals surface area contributed by atoms with E-state index in [4.69, 9.17) is 0 Å². The topological polar surface area (TPSA) is 43.9 Å². The summed E-state index contributed by atoms with van der Waals surface area (Å²) in [4.78, 5) is 2.26. The second-order valence-electron chi connectivity index (χ2n) is 6.54. The summed E-state index contributed by atoms with van der Waals surface area (Å²) in [6.45, 7) is 2.63. The summed E-state index contributed by atoms with van der Waals surface area (Å²) >= 11 is 0. The molecule has 0 amide bonds. The van der Waals surface area contributed by atoms with Crippen molar-refractivity contribution in [1.29, 1.82) is 0 Å². The van der Waals surface area contributed by atoms with Crippen molar-refractivity contribution in [3.05, 3.63) is 30.3 Å². The summed E-state index contributed by atoms with van der Waals surface area (Å²) in [6.07, 6.45) is 5.53. The molecule has 1 saturated carbocycles. The zero-order chi connectivity index (χ0) is 16.3. The SMILES string of the molecule is CN(C1CCCCC1)S(=O)(=O)N1CCN(c2ccccc2)CC1. The molecular weight excluding hydrogens is 310 g/mol. The normalized spacial score (nSPS) is 21.7. The van der Waals surface area contributed by atoms with Gasteiger partial charge in [-0.3, -0.25) is 0 Å². The Balaban J connectivity index is 1.61. The Bertz CT molecular complexity index is 592. The van der Waals surface area contributed by atoms with Crippen LogP contribution in [0.2, 0.25) is 0 Å². The first-order valence-corrected chi connectivity index (χ1v) is 10.0. The Kier molecular flexibility index (Phi) is 5.24. The van der Waals surface area contributed by atoms with E-state index in [9.17, 15) is 8.42 Å². The second kappa shape index (κ2) is 7.20. The Morgan fingerprint density at radius 2 is 1.57 bits per heavy atom. The Morgan fingerprint density at radius 3 is 2.17 bits per heavy atom. The molecule has 1 aromatic rings.